The van der Waals surface area contributed by atoms with Crippen LogP contribution in [0.25, 0.3) is 11.3 Å². The van der Waals surface area contributed by atoms with E-state index in [2.05, 4.69) is 10.1 Å². The molecule has 0 unspecified atom stereocenters. The summed E-state index contributed by atoms with van der Waals surface area (Å²) in [5, 5.41) is 4.97. The molecule has 0 fully saturated rings. The Morgan fingerprint density at radius 3 is 2.64 bits per heavy atom. The molecule has 0 radical (unpaired) electrons. The van der Waals surface area contributed by atoms with Gasteiger partial charge in [0, 0.05) is 18.3 Å². The topological polar surface area (TPSA) is 57.0 Å². The molecule has 2 rings (SSSR count). The fraction of sp³-hybridized carbons (Fsp3) is 0.400. The summed E-state index contributed by atoms with van der Waals surface area (Å²) in [7, 11) is 0. The van der Waals surface area contributed by atoms with Gasteiger partial charge in [0.1, 0.15) is 10.2 Å². The van der Waals surface area contributed by atoms with Gasteiger partial charge in [0.2, 0.25) is 0 Å². The summed E-state index contributed by atoms with van der Waals surface area (Å²) < 4.78 is 6.68. The molecule has 0 bridgehead atoms. The van der Waals surface area contributed by atoms with Gasteiger partial charge in [-0.2, -0.15) is 5.10 Å². The zero-order chi connectivity index (χ0) is 16.3. The molecule has 0 amide bonds. The minimum atomic E-state index is -0.527. The Bertz CT molecular complexity index is 698. The average Bonchev–Trinajstić information content (AvgIpc) is 2.84. The molecule has 0 saturated carbocycles. The van der Waals surface area contributed by atoms with Crippen LogP contribution in [-0.2, 0) is 17.7 Å². The molecule has 0 saturated heterocycles. The van der Waals surface area contributed by atoms with Gasteiger partial charge >= 0.3 is 5.97 Å². The van der Waals surface area contributed by atoms with E-state index in [4.69, 9.17) is 27.9 Å². The maximum absolute atomic E-state index is 12.0. The third kappa shape index (κ3) is 3.10. The van der Waals surface area contributed by atoms with Gasteiger partial charge < -0.3 is 4.74 Å². The molecule has 2 heterocycles. The second-order valence-electron chi connectivity index (χ2n) is 4.57. The lowest BCUT2D eigenvalue weighted by molar-refractivity contribution is 0.0518. The molecule has 0 N–H and O–H groups in total. The summed E-state index contributed by atoms with van der Waals surface area (Å²) in [5.74, 6) is -0.527. The highest BCUT2D eigenvalue weighted by molar-refractivity contribution is 6.36. The third-order valence-corrected chi connectivity index (χ3v) is 3.82. The van der Waals surface area contributed by atoms with E-state index in [-0.39, 0.29) is 17.3 Å². The molecule has 0 aliphatic rings. The molecule has 2 aromatic rings. The van der Waals surface area contributed by atoms with Crippen LogP contribution in [0.3, 0.4) is 0 Å². The van der Waals surface area contributed by atoms with Gasteiger partial charge in [-0.1, -0.05) is 30.1 Å². The maximum Gasteiger partial charge on any atom is 0.360 e. The van der Waals surface area contributed by atoms with Crippen molar-refractivity contribution in [2.75, 3.05) is 6.61 Å². The monoisotopic (exact) mass is 341 g/mol. The number of carbonyl (C=O) groups excluding carboxylic acids is 1. The van der Waals surface area contributed by atoms with Crippen LogP contribution < -0.4 is 0 Å². The second-order valence-corrected chi connectivity index (χ2v) is 5.33. The number of halogens is 2. The van der Waals surface area contributed by atoms with Crippen LogP contribution in [0.4, 0.5) is 0 Å². The highest BCUT2D eigenvalue weighted by atomic mass is 35.5. The van der Waals surface area contributed by atoms with Crippen molar-refractivity contribution in [1.29, 1.82) is 0 Å². The van der Waals surface area contributed by atoms with Crippen LogP contribution >= 0.6 is 23.2 Å². The average molecular weight is 342 g/mol. The molecule has 2 aromatic heterocycles. The molecular weight excluding hydrogens is 325 g/mol. The van der Waals surface area contributed by atoms with E-state index < -0.39 is 5.97 Å². The van der Waals surface area contributed by atoms with Gasteiger partial charge in [0.05, 0.1) is 12.3 Å². The largest absolute Gasteiger partial charge is 0.461 e. The first-order chi connectivity index (χ1) is 10.5. The van der Waals surface area contributed by atoms with Gasteiger partial charge in [0.25, 0.3) is 0 Å². The normalized spacial score (nSPS) is 10.8. The molecule has 0 aromatic carbocycles. The van der Waals surface area contributed by atoms with Crippen molar-refractivity contribution in [3.8, 4) is 11.3 Å². The highest BCUT2D eigenvalue weighted by Gasteiger charge is 2.24. The summed E-state index contributed by atoms with van der Waals surface area (Å²) in [4.78, 5) is 16.1. The Morgan fingerprint density at radius 1 is 1.32 bits per heavy atom. The lowest BCUT2D eigenvalue weighted by Crippen LogP contribution is -2.07. The third-order valence-electron chi connectivity index (χ3n) is 3.26. The Hall–Kier alpha value is -1.59. The van der Waals surface area contributed by atoms with Gasteiger partial charge in [-0.15, -0.1) is 0 Å². The number of rotatable bonds is 5. The molecule has 22 heavy (non-hydrogen) atoms. The first kappa shape index (κ1) is 16.8. The Morgan fingerprint density at radius 2 is 2.05 bits per heavy atom. The van der Waals surface area contributed by atoms with Crippen LogP contribution in [0, 0.1) is 0 Å². The standard InChI is InChI=1S/C15H17Cl2N3O2/c1-4-9-7-11(16)18-8-10(9)14-12(17)13(15(21)22-6-3)19-20(14)5-2/h7-8H,4-6H2,1-3H3. The minimum Gasteiger partial charge on any atom is -0.461 e. The number of carbonyl (C=O) groups is 1. The Kier molecular flexibility index (Phi) is 5.42. The predicted molar refractivity (Wildman–Crippen MR) is 86.5 cm³/mol. The van der Waals surface area contributed by atoms with E-state index in [0.717, 1.165) is 17.5 Å². The number of esters is 1. The van der Waals surface area contributed by atoms with Crippen LogP contribution in [0.15, 0.2) is 12.3 Å². The molecule has 5 nitrogen and oxygen atoms in total. The zero-order valence-electron chi connectivity index (χ0n) is 12.7. The van der Waals surface area contributed by atoms with E-state index >= 15 is 0 Å². The van der Waals surface area contributed by atoms with E-state index in [1.165, 1.54) is 0 Å². The first-order valence-electron chi connectivity index (χ1n) is 7.11. The van der Waals surface area contributed by atoms with E-state index in [1.807, 2.05) is 13.8 Å². The number of aromatic nitrogens is 3. The molecule has 0 spiro atoms. The highest BCUT2D eigenvalue weighted by Crippen LogP contribution is 2.34. The zero-order valence-corrected chi connectivity index (χ0v) is 14.2. The van der Waals surface area contributed by atoms with Gasteiger partial charge in [-0.3, -0.25) is 4.68 Å². The van der Waals surface area contributed by atoms with Crippen LogP contribution in [0.5, 0.6) is 0 Å². The summed E-state index contributed by atoms with van der Waals surface area (Å²) in [6.45, 7) is 6.52. The minimum absolute atomic E-state index is 0.123. The summed E-state index contributed by atoms with van der Waals surface area (Å²) in [6, 6.07) is 1.80. The van der Waals surface area contributed by atoms with E-state index in [9.17, 15) is 4.79 Å². The molecule has 0 aliphatic carbocycles. The Labute approximate surface area is 139 Å². The predicted octanol–water partition coefficient (Wildman–Crippen LogP) is 4.01. The number of nitrogens with zero attached hydrogens (tertiary/aromatic N) is 3. The van der Waals surface area contributed by atoms with E-state index in [1.54, 1.807) is 23.9 Å². The summed E-state index contributed by atoms with van der Waals surface area (Å²) in [5.41, 5.74) is 2.60. The quantitative estimate of drug-likeness (QED) is 0.608. The Balaban J connectivity index is 2.62. The van der Waals surface area contributed by atoms with Gasteiger partial charge in [0.15, 0.2) is 5.69 Å². The van der Waals surface area contributed by atoms with Crippen molar-refractivity contribution in [2.24, 2.45) is 0 Å². The van der Waals surface area contributed by atoms with Crippen molar-refractivity contribution in [1.82, 2.24) is 14.8 Å². The smallest absolute Gasteiger partial charge is 0.360 e. The van der Waals surface area contributed by atoms with Crippen LogP contribution in [0.2, 0.25) is 10.2 Å². The number of hydrogen-bond donors (Lipinski definition) is 0. The number of aryl methyl sites for hydroxylation is 2. The van der Waals surface area contributed by atoms with Crippen LogP contribution in [0.1, 0.15) is 36.8 Å². The fourth-order valence-electron chi connectivity index (χ4n) is 2.23. The molecule has 0 atom stereocenters. The second kappa shape index (κ2) is 7.11. The lowest BCUT2D eigenvalue weighted by Gasteiger charge is -2.10. The number of pyridine rings is 1. The van der Waals surface area contributed by atoms with Crippen LogP contribution in [-0.4, -0.2) is 27.3 Å². The van der Waals surface area contributed by atoms with Gasteiger partial charge in [-0.05, 0) is 31.9 Å². The van der Waals surface area contributed by atoms with Crippen molar-refractivity contribution >= 4 is 29.2 Å². The SMILES string of the molecule is CCOC(=O)c1nn(CC)c(-c2cnc(Cl)cc2CC)c1Cl. The van der Waals surface area contributed by atoms with Crippen molar-refractivity contribution in [2.45, 2.75) is 33.7 Å². The fourth-order valence-corrected chi connectivity index (χ4v) is 2.72. The summed E-state index contributed by atoms with van der Waals surface area (Å²) in [6.07, 6.45) is 2.42. The van der Waals surface area contributed by atoms with Crippen molar-refractivity contribution in [3.05, 3.63) is 33.7 Å². The molecular formula is C15H17Cl2N3O2. The molecule has 118 valence electrons. The lowest BCUT2D eigenvalue weighted by atomic mass is 10.0. The molecule has 7 heteroatoms. The first-order valence-corrected chi connectivity index (χ1v) is 7.87. The van der Waals surface area contributed by atoms with E-state index in [0.29, 0.717) is 17.4 Å². The van der Waals surface area contributed by atoms with Gasteiger partial charge in [-0.25, -0.2) is 9.78 Å². The molecule has 0 aliphatic heterocycles. The summed E-state index contributed by atoms with van der Waals surface area (Å²) >= 11 is 12.3. The van der Waals surface area contributed by atoms with Crippen molar-refractivity contribution < 1.29 is 9.53 Å². The number of hydrogen-bond acceptors (Lipinski definition) is 4. The maximum atomic E-state index is 12.0. The number of ether oxygens (including phenoxy) is 1. The van der Waals surface area contributed by atoms with Crippen molar-refractivity contribution in [3.63, 3.8) is 0 Å².